The van der Waals surface area contributed by atoms with Crippen LogP contribution in [0.5, 0.6) is 0 Å². The van der Waals surface area contributed by atoms with E-state index in [4.69, 9.17) is 0 Å². The van der Waals surface area contributed by atoms with E-state index < -0.39 is 0 Å². The number of aromatic nitrogens is 1. The van der Waals surface area contributed by atoms with E-state index in [1.54, 1.807) is 18.3 Å². The number of nitrogens with zero attached hydrogens (tertiary/aromatic N) is 1. The highest BCUT2D eigenvalue weighted by Gasteiger charge is 2.12. The summed E-state index contributed by atoms with van der Waals surface area (Å²) in [6.45, 7) is 6.37. The Labute approximate surface area is 114 Å². The maximum atomic E-state index is 12.0. The van der Waals surface area contributed by atoms with Crippen LogP contribution in [0.4, 0.5) is 5.82 Å². The van der Waals surface area contributed by atoms with Gasteiger partial charge in [0.2, 0.25) is 0 Å². The normalized spacial score (nSPS) is 12.3. The van der Waals surface area contributed by atoms with E-state index >= 15 is 0 Å². The summed E-state index contributed by atoms with van der Waals surface area (Å²) < 4.78 is 0. The quantitative estimate of drug-likeness (QED) is 0.702. The van der Waals surface area contributed by atoms with Crippen LogP contribution < -0.4 is 10.6 Å². The fraction of sp³-hybridized carbons (Fsp3) is 0.571. The van der Waals surface area contributed by atoms with Gasteiger partial charge < -0.3 is 15.7 Å². The molecule has 0 spiro atoms. The third-order valence-electron chi connectivity index (χ3n) is 2.71. The first-order valence-electron chi connectivity index (χ1n) is 6.72. The van der Waals surface area contributed by atoms with E-state index in [9.17, 15) is 9.90 Å². The number of aliphatic hydroxyl groups excluding tert-OH is 1. The number of pyridine rings is 1. The highest BCUT2D eigenvalue weighted by molar-refractivity contribution is 5.98. The van der Waals surface area contributed by atoms with E-state index in [1.807, 2.05) is 20.8 Å². The zero-order valence-electron chi connectivity index (χ0n) is 11.8. The molecule has 0 aliphatic heterocycles. The van der Waals surface area contributed by atoms with Gasteiger partial charge in [0.1, 0.15) is 5.82 Å². The molecular weight excluding hydrogens is 242 g/mol. The number of anilines is 1. The first-order valence-corrected chi connectivity index (χ1v) is 6.72. The van der Waals surface area contributed by atoms with E-state index in [0.29, 0.717) is 30.8 Å². The number of nitrogens with one attached hydrogen (secondary N) is 2. The van der Waals surface area contributed by atoms with Gasteiger partial charge in [-0.15, -0.1) is 0 Å². The highest BCUT2D eigenvalue weighted by atomic mass is 16.3. The van der Waals surface area contributed by atoms with E-state index in [-0.39, 0.29) is 18.1 Å². The van der Waals surface area contributed by atoms with Gasteiger partial charge in [0.05, 0.1) is 11.7 Å². The van der Waals surface area contributed by atoms with Gasteiger partial charge in [-0.25, -0.2) is 4.98 Å². The fourth-order valence-electron chi connectivity index (χ4n) is 1.63. The minimum Gasteiger partial charge on any atom is -0.393 e. The molecule has 1 unspecified atom stereocenters. The van der Waals surface area contributed by atoms with Crippen molar-refractivity contribution >= 4 is 11.7 Å². The Morgan fingerprint density at radius 1 is 1.47 bits per heavy atom. The predicted molar refractivity (Wildman–Crippen MR) is 76.2 cm³/mol. The van der Waals surface area contributed by atoms with Gasteiger partial charge in [-0.05, 0) is 38.8 Å². The lowest BCUT2D eigenvalue weighted by atomic mass is 10.2. The van der Waals surface area contributed by atoms with Crippen molar-refractivity contribution in [3.8, 4) is 0 Å². The van der Waals surface area contributed by atoms with E-state index in [1.165, 1.54) is 0 Å². The molecule has 1 heterocycles. The zero-order chi connectivity index (χ0) is 14.3. The van der Waals surface area contributed by atoms with Crippen molar-refractivity contribution in [3.63, 3.8) is 0 Å². The Kier molecular flexibility index (Phi) is 6.29. The SMILES string of the molecule is CCC(O)CCNC(=O)c1cccnc1NC(C)C. The smallest absolute Gasteiger partial charge is 0.255 e. The van der Waals surface area contributed by atoms with Crippen LogP contribution in [0.1, 0.15) is 44.0 Å². The number of carbonyl (C=O) groups is 1. The highest BCUT2D eigenvalue weighted by Crippen LogP contribution is 2.12. The topological polar surface area (TPSA) is 74.2 Å². The van der Waals surface area contributed by atoms with Gasteiger partial charge in [-0.1, -0.05) is 6.92 Å². The Hall–Kier alpha value is -1.62. The zero-order valence-corrected chi connectivity index (χ0v) is 11.8. The van der Waals surface area contributed by atoms with Crippen LogP contribution in [0.25, 0.3) is 0 Å². The molecule has 1 amide bonds. The maximum Gasteiger partial charge on any atom is 0.255 e. The number of amides is 1. The Morgan fingerprint density at radius 2 is 2.21 bits per heavy atom. The van der Waals surface area contributed by atoms with Crippen molar-refractivity contribution < 1.29 is 9.90 Å². The molecule has 1 rings (SSSR count). The maximum absolute atomic E-state index is 12.0. The molecule has 0 saturated carbocycles. The molecule has 19 heavy (non-hydrogen) atoms. The Bertz CT molecular complexity index is 407. The lowest BCUT2D eigenvalue weighted by Crippen LogP contribution is -2.28. The summed E-state index contributed by atoms with van der Waals surface area (Å²) in [5.74, 6) is 0.422. The first kappa shape index (κ1) is 15.4. The first-order chi connectivity index (χ1) is 9.04. The van der Waals surface area contributed by atoms with Crippen LogP contribution in [0, 0.1) is 0 Å². The second kappa shape index (κ2) is 7.74. The van der Waals surface area contributed by atoms with Crippen molar-refractivity contribution in [2.45, 2.75) is 45.8 Å². The summed E-state index contributed by atoms with van der Waals surface area (Å²) in [5.41, 5.74) is 0.530. The minimum atomic E-state index is -0.359. The van der Waals surface area contributed by atoms with Crippen molar-refractivity contribution in [2.75, 3.05) is 11.9 Å². The largest absolute Gasteiger partial charge is 0.393 e. The van der Waals surface area contributed by atoms with Crippen LogP contribution in [0.2, 0.25) is 0 Å². The number of aliphatic hydroxyl groups is 1. The molecule has 0 saturated heterocycles. The van der Waals surface area contributed by atoms with E-state index in [0.717, 1.165) is 0 Å². The molecule has 0 aliphatic carbocycles. The molecule has 0 aromatic carbocycles. The second-order valence-electron chi connectivity index (χ2n) is 4.81. The molecule has 0 aliphatic rings. The fourth-order valence-corrected chi connectivity index (χ4v) is 1.63. The summed E-state index contributed by atoms with van der Waals surface area (Å²) >= 11 is 0. The van der Waals surface area contributed by atoms with Crippen molar-refractivity contribution in [1.29, 1.82) is 0 Å². The molecule has 0 fully saturated rings. The lowest BCUT2D eigenvalue weighted by molar-refractivity contribution is 0.0942. The summed E-state index contributed by atoms with van der Waals surface area (Å²) in [5, 5.41) is 15.4. The molecule has 0 bridgehead atoms. The molecule has 5 heteroatoms. The standard InChI is InChI=1S/C14H23N3O2/c1-4-11(18)7-9-16-14(19)12-6-5-8-15-13(12)17-10(2)3/h5-6,8,10-11,18H,4,7,9H2,1-3H3,(H,15,17)(H,16,19). The molecule has 3 N–H and O–H groups in total. The third kappa shape index (κ3) is 5.26. The van der Waals surface area contributed by atoms with Crippen LogP contribution in [-0.2, 0) is 0 Å². The van der Waals surface area contributed by atoms with Crippen LogP contribution in [0.15, 0.2) is 18.3 Å². The number of hydrogen-bond donors (Lipinski definition) is 3. The third-order valence-corrected chi connectivity index (χ3v) is 2.71. The van der Waals surface area contributed by atoms with Crippen molar-refractivity contribution in [1.82, 2.24) is 10.3 Å². The minimum absolute atomic E-state index is 0.167. The summed E-state index contributed by atoms with van der Waals surface area (Å²) in [6, 6.07) is 3.69. The average Bonchev–Trinajstić information content (AvgIpc) is 2.38. The van der Waals surface area contributed by atoms with Crippen molar-refractivity contribution in [2.24, 2.45) is 0 Å². The number of hydrogen-bond acceptors (Lipinski definition) is 4. The molecule has 106 valence electrons. The monoisotopic (exact) mass is 265 g/mol. The van der Waals surface area contributed by atoms with Crippen LogP contribution in [-0.4, -0.2) is 34.7 Å². The van der Waals surface area contributed by atoms with Gasteiger partial charge in [-0.3, -0.25) is 4.79 Å². The Balaban J connectivity index is 2.61. The number of carbonyl (C=O) groups excluding carboxylic acids is 1. The van der Waals surface area contributed by atoms with Crippen LogP contribution in [0.3, 0.4) is 0 Å². The van der Waals surface area contributed by atoms with Gasteiger partial charge >= 0.3 is 0 Å². The summed E-state index contributed by atoms with van der Waals surface area (Å²) in [7, 11) is 0. The lowest BCUT2D eigenvalue weighted by Gasteiger charge is -2.14. The summed E-state index contributed by atoms with van der Waals surface area (Å²) in [4.78, 5) is 16.2. The molecule has 1 aromatic rings. The Morgan fingerprint density at radius 3 is 2.84 bits per heavy atom. The molecule has 1 aromatic heterocycles. The summed E-state index contributed by atoms with van der Waals surface area (Å²) in [6.07, 6.45) is 2.56. The van der Waals surface area contributed by atoms with Crippen LogP contribution >= 0.6 is 0 Å². The van der Waals surface area contributed by atoms with Crippen molar-refractivity contribution in [3.05, 3.63) is 23.9 Å². The van der Waals surface area contributed by atoms with Gasteiger partial charge in [0.25, 0.3) is 5.91 Å². The van der Waals surface area contributed by atoms with E-state index in [2.05, 4.69) is 15.6 Å². The van der Waals surface area contributed by atoms with Gasteiger partial charge in [0, 0.05) is 18.8 Å². The van der Waals surface area contributed by atoms with Gasteiger partial charge in [-0.2, -0.15) is 0 Å². The second-order valence-corrected chi connectivity index (χ2v) is 4.81. The number of rotatable bonds is 7. The molecule has 1 atom stereocenters. The molecule has 5 nitrogen and oxygen atoms in total. The van der Waals surface area contributed by atoms with Gasteiger partial charge in [0.15, 0.2) is 0 Å². The molecular formula is C14H23N3O2. The predicted octanol–water partition coefficient (Wildman–Crippen LogP) is 1.79. The average molecular weight is 265 g/mol. The molecule has 0 radical (unpaired) electrons.